The van der Waals surface area contributed by atoms with Gasteiger partial charge in [0.2, 0.25) is 0 Å². The molecule has 0 aliphatic carbocycles. The fourth-order valence-corrected chi connectivity index (χ4v) is 1.93. The van der Waals surface area contributed by atoms with Gasteiger partial charge in [0, 0.05) is 13.2 Å². The van der Waals surface area contributed by atoms with E-state index in [9.17, 15) is 4.79 Å². The average Bonchev–Trinajstić information content (AvgIpc) is 2.35. The van der Waals surface area contributed by atoms with E-state index in [-0.39, 0.29) is 18.1 Å². The summed E-state index contributed by atoms with van der Waals surface area (Å²) in [5.41, 5.74) is 0. The van der Waals surface area contributed by atoms with Crippen molar-refractivity contribution in [2.75, 3.05) is 20.8 Å². The van der Waals surface area contributed by atoms with Gasteiger partial charge in [0.25, 0.3) is 0 Å². The van der Waals surface area contributed by atoms with Crippen molar-refractivity contribution in [2.45, 2.75) is 52.7 Å². The molecule has 108 valence electrons. The van der Waals surface area contributed by atoms with Gasteiger partial charge in [-0.1, -0.05) is 34.1 Å². The van der Waals surface area contributed by atoms with Crippen molar-refractivity contribution in [3.8, 4) is 0 Å². The molecule has 0 saturated carbocycles. The van der Waals surface area contributed by atoms with E-state index in [0.29, 0.717) is 24.9 Å². The van der Waals surface area contributed by atoms with Crippen molar-refractivity contribution in [1.82, 2.24) is 5.32 Å². The van der Waals surface area contributed by atoms with Gasteiger partial charge in [-0.05, 0) is 18.9 Å². The number of carbonyl (C=O) groups is 1. The van der Waals surface area contributed by atoms with E-state index in [2.05, 4.69) is 19.2 Å². The third kappa shape index (κ3) is 6.36. The molecule has 0 aliphatic heterocycles. The molecule has 0 aliphatic rings. The van der Waals surface area contributed by atoms with Crippen LogP contribution in [0.3, 0.4) is 0 Å². The van der Waals surface area contributed by atoms with Gasteiger partial charge in [-0.3, -0.25) is 4.79 Å². The normalized spacial score (nSPS) is 16.4. The molecule has 0 rings (SSSR count). The first-order valence-corrected chi connectivity index (χ1v) is 6.81. The molecule has 0 fully saturated rings. The van der Waals surface area contributed by atoms with Crippen LogP contribution in [-0.2, 0) is 14.3 Å². The van der Waals surface area contributed by atoms with Gasteiger partial charge >= 0.3 is 5.97 Å². The summed E-state index contributed by atoms with van der Waals surface area (Å²) in [6.45, 7) is 8.82. The van der Waals surface area contributed by atoms with Crippen molar-refractivity contribution in [3.05, 3.63) is 0 Å². The zero-order valence-corrected chi connectivity index (χ0v) is 12.7. The third-order valence-corrected chi connectivity index (χ3v) is 3.24. The molecule has 0 aromatic heterocycles. The summed E-state index contributed by atoms with van der Waals surface area (Å²) < 4.78 is 10.6. The van der Waals surface area contributed by atoms with Gasteiger partial charge in [-0.25, -0.2) is 0 Å². The standard InChI is InChI=1S/C14H29NO3/c1-7-11(4)14(15-5)12(17-6)8-13(16)18-9-10(2)3/h10-12,14-15H,7-9H2,1-6H3/t11-,12+,14-/m0/s1. The molecule has 1 N–H and O–H groups in total. The molecule has 0 saturated heterocycles. The van der Waals surface area contributed by atoms with Gasteiger partial charge in [-0.15, -0.1) is 0 Å². The number of methoxy groups -OCH3 is 1. The highest BCUT2D eigenvalue weighted by Crippen LogP contribution is 2.16. The summed E-state index contributed by atoms with van der Waals surface area (Å²) >= 11 is 0. The number of nitrogens with one attached hydrogen (secondary N) is 1. The Labute approximate surface area is 111 Å². The summed E-state index contributed by atoms with van der Waals surface area (Å²) in [5, 5.41) is 3.24. The first-order valence-electron chi connectivity index (χ1n) is 6.81. The molecule has 4 nitrogen and oxygen atoms in total. The van der Waals surface area contributed by atoms with Crippen LogP contribution in [0, 0.1) is 11.8 Å². The molecule has 0 aromatic carbocycles. The monoisotopic (exact) mass is 259 g/mol. The van der Waals surface area contributed by atoms with Crippen LogP contribution in [0.15, 0.2) is 0 Å². The maximum Gasteiger partial charge on any atom is 0.308 e. The molecule has 0 heterocycles. The number of hydrogen-bond donors (Lipinski definition) is 1. The lowest BCUT2D eigenvalue weighted by Crippen LogP contribution is -2.44. The summed E-state index contributed by atoms with van der Waals surface area (Å²) in [4.78, 5) is 11.7. The molecule has 0 unspecified atom stereocenters. The lowest BCUT2D eigenvalue weighted by atomic mass is 9.93. The minimum Gasteiger partial charge on any atom is -0.465 e. The van der Waals surface area contributed by atoms with Crippen LogP contribution in [-0.4, -0.2) is 38.9 Å². The maximum absolute atomic E-state index is 11.7. The van der Waals surface area contributed by atoms with Crippen LogP contribution in [0.5, 0.6) is 0 Å². The van der Waals surface area contributed by atoms with E-state index in [1.54, 1.807) is 7.11 Å². The van der Waals surface area contributed by atoms with Gasteiger partial charge in [0.1, 0.15) is 0 Å². The van der Waals surface area contributed by atoms with Crippen LogP contribution in [0.2, 0.25) is 0 Å². The molecule has 4 heteroatoms. The quantitative estimate of drug-likeness (QED) is 0.645. The zero-order chi connectivity index (χ0) is 14.1. The van der Waals surface area contributed by atoms with Crippen LogP contribution >= 0.6 is 0 Å². The number of ether oxygens (including phenoxy) is 2. The Balaban J connectivity index is 4.34. The van der Waals surface area contributed by atoms with Crippen molar-refractivity contribution < 1.29 is 14.3 Å². The minimum absolute atomic E-state index is 0.135. The Morgan fingerprint density at radius 1 is 1.28 bits per heavy atom. The highest BCUT2D eigenvalue weighted by Gasteiger charge is 2.27. The summed E-state index contributed by atoms with van der Waals surface area (Å²) in [7, 11) is 3.55. The van der Waals surface area contributed by atoms with Crippen molar-refractivity contribution in [2.24, 2.45) is 11.8 Å². The Hall–Kier alpha value is -0.610. The highest BCUT2D eigenvalue weighted by atomic mass is 16.5. The fourth-order valence-electron chi connectivity index (χ4n) is 1.93. The Kier molecular flexibility index (Phi) is 9.02. The molecular weight excluding hydrogens is 230 g/mol. The van der Waals surface area contributed by atoms with E-state index >= 15 is 0 Å². The van der Waals surface area contributed by atoms with Gasteiger partial charge in [0.05, 0.1) is 19.1 Å². The second-order valence-electron chi connectivity index (χ2n) is 5.26. The molecule has 18 heavy (non-hydrogen) atoms. The second kappa shape index (κ2) is 9.34. The Morgan fingerprint density at radius 2 is 1.89 bits per heavy atom. The largest absolute Gasteiger partial charge is 0.465 e. The molecular formula is C14H29NO3. The maximum atomic E-state index is 11.7. The summed E-state index contributed by atoms with van der Waals surface area (Å²) in [5.74, 6) is 0.640. The predicted molar refractivity (Wildman–Crippen MR) is 73.5 cm³/mol. The third-order valence-electron chi connectivity index (χ3n) is 3.24. The first kappa shape index (κ1) is 17.4. The number of rotatable bonds is 9. The van der Waals surface area contributed by atoms with E-state index in [0.717, 1.165) is 6.42 Å². The molecule has 0 amide bonds. The fraction of sp³-hybridized carbons (Fsp3) is 0.929. The van der Waals surface area contributed by atoms with Crippen molar-refractivity contribution in [1.29, 1.82) is 0 Å². The zero-order valence-electron chi connectivity index (χ0n) is 12.7. The van der Waals surface area contributed by atoms with Gasteiger partial charge in [-0.2, -0.15) is 0 Å². The summed E-state index contributed by atoms with van der Waals surface area (Å²) in [6.07, 6.45) is 1.22. The van der Waals surface area contributed by atoms with Gasteiger partial charge in [0.15, 0.2) is 0 Å². The topological polar surface area (TPSA) is 47.6 Å². The average molecular weight is 259 g/mol. The molecule has 0 aromatic rings. The molecule has 3 atom stereocenters. The first-order chi connectivity index (χ1) is 8.46. The smallest absolute Gasteiger partial charge is 0.308 e. The lowest BCUT2D eigenvalue weighted by molar-refractivity contribution is -0.148. The van der Waals surface area contributed by atoms with Crippen LogP contribution in [0.1, 0.15) is 40.5 Å². The molecule has 0 spiro atoms. The van der Waals surface area contributed by atoms with E-state index < -0.39 is 0 Å². The van der Waals surface area contributed by atoms with Crippen LogP contribution in [0.25, 0.3) is 0 Å². The molecule has 0 radical (unpaired) electrons. The van der Waals surface area contributed by atoms with Crippen LogP contribution in [0.4, 0.5) is 0 Å². The van der Waals surface area contributed by atoms with E-state index in [1.165, 1.54) is 0 Å². The SMILES string of the molecule is CC[C@H](C)[C@H](NC)[C@@H](CC(=O)OCC(C)C)OC. The Bertz CT molecular complexity index is 231. The molecule has 0 bridgehead atoms. The number of hydrogen-bond acceptors (Lipinski definition) is 4. The predicted octanol–water partition coefficient (Wildman–Crippen LogP) is 2.22. The Morgan fingerprint density at radius 3 is 2.28 bits per heavy atom. The van der Waals surface area contributed by atoms with Crippen molar-refractivity contribution >= 4 is 5.97 Å². The number of likely N-dealkylation sites (N-methyl/N-ethyl adjacent to an activating group) is 1. The van der Waals surface area contributed by atoms with Gasteiger partial charge < -0.3 is 14.8 Å². The van der Waals surface area contributed by atoms with E-state index in [1.807, 2.05) is 20.9 Å². The lowest BCUT2D eigenvalue weighted by Gasteiger charge is -2.29. The highest BCUT2D eigenvalue weighted by molar-refractivity contribution is 5.70. The summed E-state index contributed by atoms with van der Waals surface area (Å²) in [6, 6.07) is 0.173. The van der Waals surface area contributed by atoms with E-state index in [4.69, 9.17) is 9.47 Å². The second-order valence-corrected chi connectivity index (χ2v) is 5.26. The number of esters is 1. The van der Waals surface area contributed by atoms with Crippen LogP contribution < -0.4 is 5.32 Å². The minimum atomic E-state index is -0.181. The van der Waals surface area contributed by atoms with Crippen molar-refractivity contribution in [3.63, 3.8) is 0 Å². The number of carbonyl (C=O) groups excluding carboxylic acids is 1.